The average Bonchev–Trinajstić information content (AvgIpc) is 3.11. The Hall–Kier alpha value is 0.140. The zero-order valence-corrected chi connectivity index (χ0v) is 19.2. The Kier molecular flexibility index (Phi) is 7.30. The van der Waals surface area contributed by atoms with Crippen LogP contribution in [0.1, 0.15) is 41.2 Å². The van der Waals surface area contributed by atoms with E-state index in [-0.39, 0.29) is 14.9 Å². The number of ether oxygens (including phenoxy) is 1. The van der Waals surface area contributed by atoms with E-state index < -0.39 is 0 Å². The Bertz CT molecular complexity index is 780. The average molecular weight is 461 g/mol. The predicted molar refractivity (Wildman–Crippen MR) is 128 cm³/mol. The highest BCUT2D eigenvalue weighted by molar-refractivity contribution is 8.19. The van der Waals surface area contributed by atoms with Gasteiger partial charge >= 0.3 is 0 Å². The third-order valence-electron chi connectivity index (χ3n) is 4.19. The summed E-state index contributed by atoms with van der Waals surface area (Å²) < 4.78 is 5.27. The Balaban J connectivity index is 1.81. The van der Waals surface area contributed by atoms with Gasteiger partial charge in [0.1, 0.15) is 11.5 Å². The van der Waals surface area contributed by atoms with Gasteiger partial charge in [0.15, 0.2) is 0 Å². The van der Waals surface area contributed by atoms with Crippen LogP contribution < -0.4 is 4.74 Å². The molecule has 140 valence electrons. The number of thioether (sulfide) groups is 2. The lowest BCUT2D eigenvalue weighted by Gasteiger charge is -2.16. The van der Waals surface area contributed by atoms with Crippen LogP contribution in [-0.2, 0) is 0 Å². The van der Waals surface area contributed by atoms with Crippen LogP contribution in [0.4, 0.5) is 0 Å². The molecule has 0 aliphatic carbocycles. The van der Waals surface area contributed by atoms with Gasteiger partial charge in [-0.2, -0.15) is 50.5 Å². The summed E-state index contributed by atoms with van der Waals surface area (Å²) in [6.45, 7) is 0. The lowest BCUT2D eigenvalue weighted by molar-refractivity contribution is 0.411. The molecule has 2 atom stereocenters. The van der Waals surface area contributed by atoms with Crippen LogP contribution in [0.15, 0.2) is 36.4 Å². The third-order valence-corrected chi connectivity index (χ3v) is 8.65. The van der Waals surface area contributed by atoms with E-state index in [9.17, 15) is 5.11 Å². The summed E-state index contributed by atoms with van der Waals surface area (Å²) in [4.78, 5) is 0. The molecule has 2 nitrogen and oxygen atoms in total. The largest absolute Gasteiger partial charge is 0.508 e. The molecule has 1 fully saturated rings. The van der Waals surface area contributed by atoms with Crippen molar-refractivity contribution >= 4 is 74.0 Å². The highest BCUT2D eigenvalue weighted by atomic mass is 32.2. The van der Waals surface area contributed by atoms with Crippen molar-refractivity contribution in [1.29, 1.82) is 0 Å². The van der Waals surface area contributed by atoms with Gasteiger partial charge in [0, 0.05) is 22.1 Å². The summed E-state index contributed by atoms with van der Waals surface area (Å²) in [5.41, 5.74) is 4.18. The molecular weight excluding hydrogens is 441 g/mol. The van der Waals surface area contributed by atoms with E-state index in [0.29, 0.717) is 9.83 Å². The molecule has 2 unspecified atom stereocenters. The van der Waals surface area contributed by atoms with Crippen molar-refractivity contribution in [2.75, 3.05) is 12.9 Å². The topological polar surface area (TPSA) is 29.5 Å². The Morgan fingerprint density at radius 2 is 1.65 bits per heavy atom. The first-order chi connectivity index (χ1) is 12.4. The van der Waals surface area contributed by atoms with Crippen molar-refractivity contribution in [2.24, 2.45) is 0 Å². The van der Waals surface area contributed by atoms with E-state index >= 15 is 0 Å². The maximum atomic E-state index is 9.97. The maximum Gasteiger partial charge on any atom is 0.124 e. The first-order valence-electron chi connectivity index (χ1n) is 7.90. The SMILES string of the molecule is COc1ccc(C2SCC(c3ccc(O)c(C(S)S)c3)S2)cc1C(S)S. The molecule has 2 aromatic carbocycles. The van der Waals surface area contributed by atoms with E-state index in [2.05, 4.69) is 62.6 Å². The normalized spacial score (nSPS) is 20.1. The molecule has 0 aromatic heterocycles. The monoisotopic (exact) mass is 460 g/mol. The zero-order valence-electron chi connectivity index (χ0n) is 13.9. The van der Waals surface area contributed by atoms with Crippen LogP contribution in [0.3, 0.4) is 0 Å². The fourth-order valence-electron chi connectivity index (χ4n) is 2.83. The van der Waals surface area contributed by atoms with Gasteiger partial charge in [-0.3, -0.25) is 0 Å². The van der Waals surface area contributed by atoms with Gasteiger partial charge in [0.2, 0.25) is 0 Å². The number of aromatic hydroxyl groups is 1. The second-order valence-electron chi connectivity index (χ2n) is 5.86. The van der Waals surface area contributed by atoms with Crippen LogP contribution >= 0.6 is 74.0 Å². The maximum absolute atomic E-state index is 9.97. The molecule has 0 radical (unpaired) electrons. The summed E-state index contributed by atoms with van der Waals surface area (Å²) in [5, 5.41) is 10.3. The van der Waals surface area contributed by atoms with Crippen LogP contribution in [0.25, 0.3) is 0 Å². The number of benzene rings is 2. The van der Waals surface area contributed by atoms with E-state index in [1.807, 2.05) is 41.7 Å². The minimum absolute atomic E-state index is 0.181. The summed E-state index contributed by atoms with van der Waals surface area (Å²) in [6.07, 6.45) is 0. The standard InChI is InChI=1S/C18H20O2S6/c1-20-14-5-3-10(7-12(14)17(23)24)18-25-8-15(26-18)9-2-4-13(19)11(6-9)16(21)22/h2-7,15-19,21-24H,8H2,1H3. The molecule has 1 aliphatic heterocycles. The highest BCUT2D eigenvalue weighted by Crippen LogP contribution is 2.56. The summed E-state index contributed by atoms with van der Waals surface area (Å²) >= 11 is 21.4. The van der Waals surface area contributed by atoms with E-state index in [1.54, 1.807) is 13.2 Å². The fourth-order valence-corrected chi connectivity index (χ4v) is 6.94. The molecule has 26 heavy (non-hydrogen) atoms. The molecule has 1 aliphatic rings. The highest BCUT2D eigenvalue weighted by Gasteiger charge is 2.29. The van der Waals surface area contributed by atoms with Crippen molar-refractivity contribution in [2.45, 2.75) is 19.0 Å². The number of phenols is 1. The van der Waals surface area contributed by atoms with E-state index in [1.165, 1.54) is 11.1 Å². The summed E-state index contributed by atoms with van der Waals surface area (Å²) in [6, 6.07) is 12.0. The fraction of sp³-hybridized carbons (Fsp3) is 0.333. The van der Waals surface area contributed by atoms with Crippen LogP contribution in [-0.4, -0.2) is 18.0 Å². The van der Waals surface area contributed by atoms with Crippen molar-refractivity contribution in [3.05, 3.63) is 58.7 Å². The third kappa shape index (κ3) is 4.58. The second kappa shape index (κ2) is 9.09. The predicted octanol–water partition coefficient (Wildman–Crippen LogP) is 6.34. The smallest absolute Gasteiger partial charge is 0.124 e. The van der Waals surface area contributed by atoms with Gasteiger partial charge in [0.05, 0.1) is 20.9 Å². The van der Waals surface area contributed by atoms with Crippen LogP contribution in [0.5, 0.6) is 11.5 Å². The molecule has 1 heterocycles. The molecular formula is C18H20O2S6. The molecule has 0 amide bonds. The molecule has 0 bridgehead atoms. The van der Waals surface area contributed by atoms with Crippen molar-refractivity contribution in [3.8, 4) is 11.5 Å². The number of thiol groups is 4. The van der Waals surface area contributed by atoms with Crippen molar-refractivity contribution in [1.82, 2.24) is 0 Å². The molecule has 2 aromatic rings. The number of hydrogen-bond acceptors (Lipinski definition) is 8. The van der Waals surface area contributed by atoms with Crippen molar-refractivity contribution < 1.29 is 9.84 Å². The van der Waals surface area contributed by atoms with Crippen LogP contribution in [0.2, 0.25) is 0 Å². The first kappa shape index (κ1) is 20.9. The van der Waals surface area contributed by atoms with Gasteiger partial charge < -0.3 is 9.84 Å². The first-order valence-corrected chi connectivity index (χ1v) is 12.0. The lowest BCUT2D eigenvalue weighted by atomic mass is 10.1. The van der Waals surface area contributed by atoms with Gasteiger partial charge in [-0.05, 0) is 35.4 Å². The van der Waals surface area contributed by atoms with Gasteiger partial charge in [-0.15, -0.1) is 23.5 Å². The number of methoxy groups -OCH3 is 1. The molecule has 3 rings (SSSR count). The van der Waals surface area contributed by atoms with Gasteiger partial charge in [0.25, 0.3) is 0 Å². The van der Waals surface area contributed by atoms with Gasteiger partial charge in [-0.25, -0.2) is 0 Å². The van der Waals surface area contributed by atoms with Crippen LogP contribution in [0, 0.1) is 0 Å². The number of hydrogen-bond donors (Lipinski definition) is 5. The van der Waals surface area contributed by atoms with E-state index in [4.69, 9.17) is 4.74 Å². The van der Waals surface area contributed by atoms with Crippen molar-refractivity contribution in [3.63, 3.8) is 0 Å². The Morgan fingerprint density at radius 3 is 2.31 bits per heavy atom. The van der Waals surface area contributed by atoms with E-state index in [0.717, 1.165) is 22.6 Å². The molecule has 0 saturated carbocycles. The second-order valence-corrected chi connectivity index (χ2v) is 11.5. The lowest BCUT2D eigenvalue weighted by Crippen LogP contribution is -1.96. The molecule has 1 saturated heterocycles. The Morgan fingerprint density at radius 1 is 1.00 bits per heavy atom. The Labute approximate surface area is 184 Å². The number of phenolic OH excluding ortho intramolecular Hbond substituents is 1. The van der Waals surface area contributed by atoms with Gasteiger partial charge in [-0.1, -0.05) is 12.1 Å². The summed E-state index contributed by atoms with van der Waals surface area (Å²) in [5.74, 6) is 2.06. The summed E-state index contributed by atoms with van der Waals surface area (Å²) in [7, 11) is 1.66. The number of rotatable bonds is 5. The molecule has 8 heteroatoms. The molecule has 0 spiro atoms. The minimum Gasteiger partial charge on any atom is -0.508 e. The minimum atomic E-state index is -0.295. The quantitative estimate of drug-likeness (QED) is 0.266. The molecule has 1 N–H and O–H groups in total. The zero-order chi connectivity index (χ0) is 18.8.